The van der Waals surface area contributed by atoms with E-state index in [4.69, 9.17) is 4.74 Å². The summed E-state index contributed by atoms with van der Waals surface area (Å²) in [5.41, 5.74) is 0. The molecular formula is C20H31N3O2. The molecule has 4 rings (SSSR count). The fraction of sp³-hybridized carbons (Fsp3) is 0.800. The lowest BCUT2D eigenvalue weighted by molar-refractivity contribution is -0.127. The van der Waals surface area contributed by atoms with Crippen molar-refractivity contribution in [1.29, 1.82) is 0 Å². The van der Waals surface area contributed by atoms with Gasteiger partial charge in [-0.05, 0) is 30.6 Å². The van der Waals surface area contributed by atoms with Gasteiger partial charge in [0.1, 0.15) is 11.9 Å². The van der Waals surface area contributed by atoms with E-state index in [0.717, 1.165) is 37.1 Å². The van der Waals surface area contributed by atoms with Crippen LogP contribution in [0.3, 0.4) is 0 Å². The number of aryl methyl sites for hydroxylation is 1. The molecule has 0 bridgehead atoms. The quantitative estimate of drug-likeness (QED) is 0.860. The zero-order valence-corrected chi connectivity index (χ0v) is 15.3. The molecule has 1 aliphatic heterocycles. The topological polar surface area (TPSA) is 56.1 Å². The Balaban J connectivity index is 1.39. The molecule has 0 aromatic carbocycles. The first kappa shape index (κ1) is 17.1. The minimum absolute atomic E-state index is 0.0470. The SMILES string of the molecule is Cn1ccnc1[C@@H]1OCCC[C@H]1NC(=O)CC(C1CCC1)C1CCC1. The lowest BCUT2D eigenvalue weighted by atomic mass is 9.63. The van der Waals surface area contributed by atoms with Crippen LogP contribution in [0.5, 0.6) is 0 Å². The summed E-state index contributed by atoms with van der Waals surface area (Å²) in [6, 6.07) is 0.0470. The number of carbonyl (C=O) groups is 1. The standard InChI is InChI=1S/C20H31N3O2/c1-23-11-10-21-20(23)19-17(9-4-12-25-19)22-18(24)13-16(14-5-2-6-14)15-7-3-8-15/h10-11,14-17,19H,2-9,12-13H2,1H3,(H,22,24)/t17-,19-/m1/s1. The van der Waals surface area contributed by atoms with E-state index < -0.39 is 0 Å². The molecule has 2 atom stereocenters. The number of amides is 1. The first-order valence-corrected chi connectivity index (χ1v) is 10.1. The predicted octanol–water partition coefficient (Wildman–Crippen LogP) is 3.36. The summed E-state index contributed by atoms with van der Waals surface area (Å²) in [7, 11) is 1.99. The Bertz CT molecular complexity index is 578. The Labute approximate surface area is 150 Å². The molecule has 1 saturated heterocycles. The molecule has 0 unspecified atom stereocenters. The summed E-state index contributed by atoms with van der Waals surface area (Å²) >= 11 is 0. The molecule has 138 valence electrons. The van der Waals surface area contributed by atoms with Gasteiger partial charge >= 0.3 is 0 Å². The van der Waals surface area contributed by atoms with Gasteiger partial charge in [0.2, 0.25) is 5.91 Å². The molecule has 1 aromatic rings. The highest BCUT2D eigenvalue weighted by atomic mass is 16.5. The van der Waals surface area contributed by atoms with Crippen molar-refractivity contribution in [3.05, 3.63) is 18.2 Å². The minimum Gasteiger partial charge on any atom is -0.368 e. The largest absolute Gasteiger partial charge is 0.368 e. The first-order chi connectivity index (χ1) is 12.2. The average molecular weight is 345 g/mol. The van der Waals surface area contributed by atoms with Crippen LogP contribution < -0.4 is 5.32 Å². The lowest BCUT2D eigenvalue weighted by Crippen LogP contribution is -2.45. The number of ether oxygens (including phenoxy) is 1. The highest BCUT2D eigenvalue weighted by Gasteiger charge is 2.38. The molecule has 1 amide bonds. The highest BCUT2D eigenvalue weighted by molar-refractivity contribution is 5.76. The molecule has 3 aliphatic rings. The number of aromatic nitrogens is 2. The third-order valence-corrected chi connectivity index (χ3v) is 6.71. The van der Waals surface area contributed by atoms with Crippen LogP contribution in [0.2, 0.25) is 0 Å². The van der Waals surface area contributed by atoms with E-state index in [1.54, 1.807) is 6.20 Å². The average Bonchev–Trinajstić information content (AvgIpc) is 2.90. The van der Waals surface area contributed by atoms with Crippen molar-refractivity contribution in [2.75, 3.05) is 6.61 Å². The number of carbonyl (C=O) groups excluding carboxylic acids is 1. The Morgan fingerprint density at radius 1 is 1.24 bits per heavy atom. The van der Waals surface area contributed by atoms with Gasteiger partial charge in [0, 0.05) is 32.5 Å². The fourth-order valence-electron chi connectivity index (χ4n) is 4.77. The van der Waals surface area contributed by atoms with E-state index in [9.17, 15) is 4.79 Å². The van der Waals surface area contributed by atoms with Crippen molar-refractivity contribution in [2.45, 2.75) is 69.9 Å². The van der Waals surface area contributed by atoms with E-state index in [-0.39, 0.29) is 18.1 Å². The monoisotopic (exact) mass is 345 g/mol. The summed E-state index contributed by atoms with van der Waals surface area (Å²) in [5.74, 6) is 3.34. The number of imidazole rings is 1. The van der Waals surface area contributed by atoms with Gasteiger partial charge < -0.3 is 14.6 Å². The Hall–Kier alpha value is -1.36. The summed E-state index contributed by atoms with van der Waals surface area (Å²) in [4.78, 5) is 17.3. The number of hydrogen-bond donors (Lipinski definition) is 1. The van der Waals surface area contributed by atoms with Crippen LogP contribution in [-0.4, -0.2) is 28.1 Å². The molecule has 2 heterocycles. The molecule has 5 nitrogen and oxygen atoms in total. The van der Waals surface area contributed by atoms with Gasteiger partial charge in [-0.15, -0.1) is 0 Å². The van der Waals surface area contributed by atoms with Crippen molar-refractivity contribution in [3.8, 4) is 0 Å². The Morgan fingerprint density at radius 3 is 2.52 bits per heavy atom. The van der Waals surface area contributed by atoms with Crippen molar-refractivity contribution in [2.24, 2.45) is 24.8 Å². The van der Waals surface area contributed by atoms with Crippen molar-refractivity contribution in [1.82, 2.24) is 14.9 Å². The van der Waals surface area contributed by atoms with Crippen LogP contribution >= 0.6 is 0 Å². The van der Waals surface area contributed by atoms with E-state index in [1.807, 2.05) is 17.8 Å². The summed E-state index contributed by atoms with van der Waals surface area (Å²) < 4.78 is 7.98. The van der Waals surface area contributed by atoms with Gasteiger partial charge in [0.15, 0.2) is 0 Å². The lowest BCUT2D eigenvalue weighted by Gasteiger charge is -2.42. The van der Waals surface area contributed by atoms with Crippen molar-refractivity contribution >= 4 is 5.91 Å². The van der Waals surface area contributed by atoms with E-state index >= 15 is 0 Å². The number of rotatable bonds is 6. The molecular weight excluding hydrogens is 314 g/mol. The number of nitrogens with one attached hydrogen (secondary N) is 1. The van der Waals surface area contributed by atoms with Crippen LogP contribution in [0.15, 0.2) is 12.4 Å². The van der Waals surface area contributed by atoms with Crippen LogP contribution in [0, 0.1) is 17.8 Å². The summed E-state index contributed by atoms with van der Waals surface area (Å²) in [6.45, 7) is 0.747. The predicted molar refractivity (Wildman–Crippen MR) is 95.9 cm³/mol. The minimum atomic E-state index is -0.122. The highest BCUT2D eigenvalue weighted by Crippen LogP contribution is 2.46. The zero-order chi connectivity index (χ0) is 17.2. The normalized spacial score (nSPS) is 27.8. The zero-order valence-electron chi connectivity index (χ0n) is 15.3. The molecule has 1 aromatic heterocycles. The number of hydrogen-bond acceptors (Lipinski definition) is 3. The molecule has 5 heteroatoms. The van der Waals surface area contributed by atoms with Gasteiger partial charge in [-0.3, -0.25) is 4.79 Å². The van der Waals surface area contributed by atoms with Gasteiger partial charge in [-0.25, -0.2) is 4.98 Å². The van der Waals surface area contributed by atoms with Crippen LogP contribution in [-0.2, 0) is 16.6 Å². The third kappa shape index (κ3) is 3.62. The smallest absolute Gasteiger partial charge is 0.220 e. The van der Waals surface area contributed by atoms with Gasteiger partial charge in [-0.1, -0.05) is 38.5 Å². The molecule has 0 radical (unpaired) electrons. The fourth-order valence-corrected chi connectivity index (χ4v) is 4.77. The summed E-state index contributed by atoms with van der Waals surface area (Å²) in [6.07, 6.45) is 14.3. The van der Waals surface area contributed by atoms with E-state index in [1.165, 1.54) is 38.5 Å². The maximum atomic E-state index is 12.8. The second-order valence-corrected chi connectivity index (χ2v) is 8.25. The molecule has 3 fully saturated rings. The molecule has 1 N–H and O–H groups in total. The van der Waals surface area contributed by atoms with Crippen molar-refractivity contribution in [3.63, 3.8) is 0 Å². The second-order valence-electron chi connectivity index (χ2n) is 8.25. The third-order valence-electron chi connectivity index (χ3n) is 6.71. The van der Waals surface area contributed by atoms with Gasteiger partial charge in [0.25, 0.3) is 0 Å². The van der Waals surface area contributed by atoms with Gasteiger partial charge in [-0.2, -0.15) is 0 Å². The summed E-state index contributed by atoms with van der Waals surface area (Å²) in [5, 5.41) is 3.30. The maximum Gasteiger partial charge on any atom is 0.220 e. The van der Waals surface area contributed by atoms with Crippen LogP contribution in [0.1, 0.15) is 69.7 Å². The van der Waals surface area contributed by atoms with Gasteiger partial charge in [0.05, 0.1) is 6.04 Å². The van der Waals surface area contributed by atoms with E-state index in [0.29, 0.717) is 12.3 Å². The Morgan fingerprint density at radius 2 is 1.96 bits per heavy atom. The first-order valence-electron chi connectivity index (χ1n) is 10.1. The molecule has 25 heavy (non-hydrogen) atoms. The van der Waals surface area contributed by atoms with E-state index in [2.05, 4.69) is 10.3 Å². The molecule has 2 saturated carbocycles. The molecule has 0 spiro atoms. The number of nitrogens with zero attached hydrogens (tertiary/aromatic N) is 2. The molecule has 2 aliphatic carbocycles. The van der Waals surface area contributed by atoms with Crippen LogP contribution in [0.25, 0.3) is 0 Å². The Kier molecular flexibility index (Phi) is 5.11. The van der Waals surface area contributed by atoms with Crippen molar-refractivity contribution < 1.29 is 9.53 Å². The second kappa shape index (κ2) is 7.48. The van der Waals surface area contributed by atoms with Crippen LogP contribution in [0.4, 0.5) is 0 Å². The maximum absolute atomic E-state index is 12.8.